The minimum atomic E-state index is -1.22. The minimum absolute atomic E-state index is 0.126. The zero-order valence-corrected chi connectivity index (χ0v) is 22.8. The van der Waals surface area contributed by atoms with Crippen molar-refractivity contribution in [3.63, 3.8) is 0 Å². The zero-order valence-electron chi connectivity index (χ0n) is 22.8. The number of nitrogens with zero attached hydrogens (tertiary/aromatic N) is 5. The lowest BCUT2D eigenvalue weighted by molar-refractivity contribution is -0.135. The Labute approximate surface area is 238 Å². The van der Waals surface area contributed by atoms with Crippen molar-refractivity contribution < 1.29 is 18.7 Å². The number of carbonyl (C=O) groups excluding carboxylic acids is 1. The van der Waals surface area contributed by atoms with Crippen molar-refractivity contribution in [1.29, 1.82) is 5.26 Å². The second-order valence-corrected chi connectivity index (χ2v) is 10.7. The van der Waals surface area contributed by atoms with Gasteiger partial charge in [0.15, 0.2) is 17.0 Å². The summed E-state index contributed by atoms with van der Waals surface area (Å²) in [4.78, 5) is 18.0. The van der Waals surface area contributed by atoms with Crippen LogP contribution in [0.3, 0.4) is 0 Å². The lowest BCUT2D eigenvalue weighted by Crippen LogP contribution is -2.50. The van der Waals surface area contributed by atoms with Gasteiger partial charge in [0.05, 0.1) is 17.5 Å². The van der Waals surface area contributed by atoms with Crippen molar-refractivity contribution in [1.82, 2.24) is 9.91 Å². The first-order chi connectivity index (χ1) is 19.8. The maximum absolute atomic E-state index is 14.2. The van der Waals surface area contributed by atoms with Crippen LogP contribution in [0.15, 0.2) is 65.8 Å². The quantitative estimate of drug-likeness (QED) is 0.479. The lowest BCUT2D eigenvalue weighted by atomic mass is 9.88. The van der Waals surface area contributed by atoms with Gasteiger partial charge >= 0.3 is 0 Å². The molecule has 6 rings (SSSR count). The van der Waals surface area contributed by atoms with Crippen LogP contribution in [0.25, 0.3) is 0 Å². The highest BCUT2D eigenvalue weighted by atomic mass is 19.1. The van der Waals surface area contributed by atoms with E-state index in [0.29, 0.717) is 61.3 Å². The van der Waals surface area contributed by atoms with Crippen molar-refractivity contribution in [2.45, 2.75) is 25.3 Å². The average molecular weight is 555 g/mol. The molecule has 210 valence electrons. The van der Waals surface area contributed by atoms with E-state index in [2.05, 4.69) is 11.0 Å². The molecule has 1 fully saturated rings. The van der Waals surface area contributed by atoms with Crippen molar-refractivity contribution in [2.24, 2.45) is 5.10 Å². The molecule has 3 aliphatic heterocycles. The topological polar surface area (TPSA) is 107 Å². The minimum Gasteiger partial charge on any atom is -0.454 e. The van der Waals surface area contributed by atoms with Crippen LogP contribution in [0.2, 0.25) is 0 Å². The molecule has 3 aromatic rings. The molecule has 0 radical (unpaired) electrons. The summed E-state index contributed by atoms with van der Waals surface area (Å²) in [5.41, 5.74) is 8.88. The Morgan fingerprint density at radius 1 is 1.07 bits per heavy atom. The normalized spacial score (nSPS) is 20.2. The first kappa shape index (κ1) is 26.6. The molecule has 0 aromatic heterocycles. The molecular weight excluding hydrogens is 523 g/mol. The Balaban J connectivity index is 1.25. The first-order valence-electron chi connectivity index (χ1n) is 13.7. The zero-order chi connectivity index (χ0) is 28.6. The molecular formula is C31H31FN6O3. The molecule has 0 aliphatic carbocycles. The van der Waals surface area contributed by atoms with E-state index in [1.807, 2.05) is 35.2 Å². The summed E-state index contributed by atoms with van der Waals surface area (Å²) in [7, 11) is 0. The number of nitrogens with two attached hydrogens (primary N) is 1. The molecule has 0 saturated carbocycles. The molecule has 3 aromatic carbocycles. The van der Waals surface area contributed by atoms with Gasteiger partial charge in [-0.15, -0.1) is 0 Å². The number of piperazine rings is 1. The van der Waals surface area contributed by atoms with Crippen molar-refractivity contribution in [3.05, 3.63) is 83.2 Å². The number of hydrogen-bond acceptors (Lipinski definition) is 8. The second kappa shape index (κ2) is 10.7. The van der Waals surface area contributed by atoms with E-state index in [4.69, 9.17) is 20.3 Å². The number of anilines is 2. The van der Waals surface area contributed by atoms with Crippen LogP contribution < -0.4 is 20.1 Å². The SMILES string of the molecule is CC1(C#N)Cc2cc3c(cc2C(c2ccc(N)cc2)=NN1C(=O)CCN1CCN(c2ccccc2F)CC1)OCO3. The number of halogens is 1. The van der Waals surface area contributed by atoms with Gasteiger partial charge in [-0.2, -0.15) is 10.4 Å². The van der Waals surface area contributed by atoms with E-state index >= 15 is 0 Å². The number of benzene rings is 3. The molecule has 1 saturated heterocycles. The third-order valence-electron chi connectivity index (χ3n) is 7.92. The number of ether oxygens (including phenoxy) is 2. The van der Waals surface area contributed by atoms with Crippen LogP contribution in [-0.2, 0) is 11.2 Å². The predicted octanol–water partition coefficient (Wildman–Crippen LogP) is 3.77. The lowest BCUT2D eigenvalue weighted by Gasteiger charge is -2.36. The third-order valence-corrected chi connectivity index (χ3v) is 7.92. The summed E-state index contributed by atoms with van der Waals surface area (Å²) < 4.78 is 25.5. The number of rotatable bonds is 5. The van der Waals surface area contributed by atoms with E-state index in [0.717, 1.165) is 16.7 Å². The van der Waals surface area contributed by atoms with E-state index in [9.17, 15) is 14.4 Å². The second-order valence-electron chi connectivity index (χ2n) is 10.7. The van der Waals surface area contributed by atoms with Crippen molar-refractivity contribution in [3.8, 4) is 17.6 Å². The summed E-state index contributed by atoms with van der Waals surface area (Å²) in [5.74, 6) is 0.730. The van der Waals surface area contributed by atoms with Gasteiger partial charge < -0.3 is 20.1 Å². The predicted molar refractivity (Wildman–Crippen MR) is 153 cm³/mol. The highest BCUT2D eigenvalue weighted by molar-refractivity contribution is 6.14. The number of nitrogen functional groups attached to an aromatic ring is 1. The fourth-order valence-corrected chi connectivity index (χ4v) is 5.61. The molecule has 3 heterocycles. The Kier molecular flexibility index (Phi) is 6.97. The average Bonchev–Trinajstić information content (AvgIpc) is 3.40. The number of hydrogen-bond donors (Lipinski definition) is 1. The van der Waals surface area contributed by atoms with E-state index < -0.39 is 5.54 Å². The summed E-state index contributed by atoms with van der Waals surface area (Å²) in [6, 6.07) is 20.2. The van der Waals surface area contributed by atoms with E-state index in [1.54, 1.807) is 31.2 Å². The molecule has 2 N–H and O–H groups in total. The highest BCUT2D eigenvalue weighted by Gasteiger charge is 2.40. The molecule has 1 unspecified atom stereocenters. The summed E-state index contributed by atoms with van der Waals surface area (Å²) in [6.07, 6.45) is 0.457. The summed E-state index contributed by atoms with van der Waals surface area (Å²) >= 11 is 0. The van der Waals surface area contributed by atoms with Crippen molar-refractivity contribution in [2.75, 3.05) is 50.2 Å². The van der Waals surface area contributed by atoms with Gasteiger partial charge in [0.25, 0.3) is 0 Å². The molecule has 3 aliphatic rings. The maximum Gasteiger partial charge on any atom is 0.245 e. The van der Waals surface area contributed by atoms with Crippen LogP contribution >= 0.6 is 0 Å². The first-order valence-corrected chi connectivity index (χ1v) is 13.7. The number of nitriles is 1. The van der Waals surface area contributed by atoms with Crippen molar-refractivity contribution >= 4 is 23.0 Å². The molecule has 1 amide bonds. The van der Waals surface area contributed by atoms with Gasteiger partial charge in [0, 0.05) is 62.4 Å². The molecule has 0 spiro atoms. The Hall–Kier alpha value is -4.62. The van der Waals surface area contributed by atoms with Gasteiger partial charge in [-0.05, 0) is 48.9 Å². The Morgan fingerprint density at radius 2 is 1.78 bits per heavy atom. The third kappa shape index (κ3) is 5.16. The fourth-order valence-electron chi connectivity index (χ4n) is 5.61. The number of carbonyl (C=O) groups is 1. The van der Waals surface area contributed by atoms with Gasteiger partial charge in [0.1, 0.15) is 5.82 Å². The number of amides is 1. The molecule has 10 heteroatoms. The summed E-state index contributed by atoms with van der Waals surface area (Å²) in [6.45, 7) is 5.11. The fraction of sp³-hybridized carbons (Fsp3) is 0.323. The molecule has 0 bridgehead atoms. The van der Waals surface area contributed by atoms with Gasteiger partial charge in [-0.3, -0.25) is 9.69 Å². The number of fused-ring (bicyclic) bond motifs is 2. The summed E-state index contributed by atoms with van der Waals surface area (Å²) in [5, 5.41) is 16.6. The Morgan fingerprint density at radius 3 is 2.49 bits per heavy atom. The van der Waals surface area contributed by atoms with Crippen LogP contribution in [0.5, 0.6) is 11.5 Å². The van der Waals surface area contributed by atoms with Crippen LogP contribution in [-0.4, -0.2) is 66.6 Å². The van der Waals surface area contributed by atoms with E-state index in [1.165, 1.54) is 11.1 Å². The van der Waals surface area contributed by atoms with E-state index in [-0.39, 0.29) is 31.4 Å². The van der Waals surface area contributed by atoms with Crippen LogP contribution in [0.1, 0.15) is 30.0 Å². The molecule has 9 nitrogen and oxygen atoms in total. The standard InChI is InChI=1S/C31H31FN6O3/c1-31(19-33)18-22-16-27-28(41-20-40-27)17-24(22)30(21-6-8-23(34)9-7-21)35-38(31)29(39)10-11-36-12-14-37(15-13-36)26-5-3-2-4-25(26)32/h2-9,16-17H,10-15,18,20,34H2,1H3. The molecule has 41 heavy (non-hydrogen) atoms. The van der Waals surface area contributed by atoms with Gasteiger partial charge in [0.2, 0.25) is 12.7 Å². The largest absolute Gasteiger partial charge is 0.454 e. The molecule has 1 atom stereocenters. The van der Waals surface area contributed by atoms with Gasteiger partial charge in [-0.1, -0.05) is 24.3 Å². The smallest absolute Gasteiger partial charge is 0.245 e. The Bertz CT molecular complexity index is 1540. The van der Waals surface area contributed by atoms with Gasteiger partial charge in [-0.25, -0.2) is 9.40 Å². The monoisotopic (exact) mass is 554 g/mol. The van der Waals surface area contributed by atoms with Crippen LogP contribution in [0.4, 0.5) is 15.8 Å². The van der Waals surface area contributed by atoms with Crippen LogP contribution in [0, 0.1) is 17.1 Å². The highest BCUT2D eigenvalue weighted by Crippen LogP contribution is 2.39. The number of para-hydroxylation sites is 1. The number of hydrazone groups is 1. The maximum atomic E-state index is 14.2.